The number of carbonyl (C=O) groups is 1. The zero-order chi connectivity index (χ0) is 19.6. The molecule has 0 aliphatic carbocycles. The molecule has 1 aliphatic heterocycles. The van der Waals surface area contributed by atoms with Crippen molar-refractivity contribution in [1.82, 2.24) is 4.90 Å². The molecule has 7 heteroatoms. The van der Waals surface area contributed by atoms with Gasteiger partial charge in [-0.3, -0.25) is 9.52 Å². The summed E-state index contributed by atoms with van der Waals surface area (Å²) in [5, 5.41) is 0. The van der Waals surface area contributed by atoms with Crippen LogP contribution >= 0.6 is 0 Å². The number of piperidine rings is 1. The van der Waals surface area contributed by atoms with Crippen LogP contribution in [0.25, 0.3) is 0 Å². The van der Waals surface area contributed by atoms with Crippen LogP contribution in [-0.2, 0) is 10.0 Å². The molecule has 144 valence electrons. The Labute approximate surface area is 159 Å². The molecule has 0 unspecified atom stereocenters. The van der Waals surface area contributed by atoms with Gasteiger partial charge < -0.3 is 4.90 Å². The maximum absolute atomic E-state index is 13.0. The molecule has 3 rings (SSSR count). The van der Waals surface area contributed by atoms with Crippen LogP contribution < -0.4 is 4.72 Å². The molecular weight excluding hydrogens is 367 g/mol. The lowest BCUT2D eigenvalue weighted by Crippen LogP contribution is -2.42. The summed E-state index contributed by atoms with van der Waals surface area (Å²) in [4.78, 5) is 14.6. The number of nitrogens with zero attached hydrogens (tertiary/aromatic N) is 1. The maximum atomic E-state index is 13.0. The summed E-state index contributed by atoms with van der Waals surface area (Å²) in [5.74, 6) is 0.389. The Bertz CT molecular complexity index is 901. The molecule has 5 nitrogen and oxygen atoms in total. The number of hydrogen-bond donors (Lipinski definition) is 1. The topological polar surface area (TPSA) is 66.5 Å². The fourth-order valence-electron chi connectivity index (χ4n) is 3.52. The Kier molecular flexibility index (Phi) is 5.51. The van der Waals surface area contributed by atoms with Gasteiger partial charge in [-0.2, -0.15) is 0 Å². The first kappa shape index (κ1) is 19.4. The Morgan fingerprint density at radius 1 is 1.00 bits per heavy atom. The second-order valence-corrected chi connectivity index (χ2v) is 8.98. The summed E-state index contributed by atoms with van der Waals surface area (Å²) in [5.41, 5.74) is 0.741. The molecule has 1 N–H and O–H groups in total. The number of hydrogen-bond acceptors (Lipinski definition) is 3. The number of anilines is 1. The van der Waals surface area contributed by atoms with Crippen molar-refractivity contribution in [3.63, 3.8) is 0 Å². The number of rotatable bonds is 4. The number of likely N-dealkylation sites (tertiary alicyclic amines) is 1. The highest BCUT2D eigenvalue weighted by Gasteiger charge is 2.26. The van der Waals surface area contributed by atoms with E-state index in [4.69, 9.17) is 0 Å². The summed E-state index contributed by atoms with van der Waals surface area (Å²) in [7, 11) is -3.81. The zero-order valence-corrected chi connectivity index (χ0v) is 16.2. The standard InChI is InChI=1S/C20H23FN2O3S/c1-14-11-15(2)13-23(12-14)20(24)16-3-9-19(10-4-16)27(25,26)22-18-7-5-17(21)6-8-18/h3-10,14-15,22H,11-13H2,1-2H3/t14-,15+. The number of carbonyl (C=O) groups excluding carboxylic acids is 1. The van der Waals surface area contributed by atoms with Gasteiger partial charge in [-0.15, -0.1) is 0 Å². The molecule has 1 fully saturated rings. The lowest BCUT2D eigenvalue weighted by molar-refractivity contribution is 0.0623. The third-order valence-corrected chi connectivity index (χ3v) is 6.06. The normalized spacial score (nSPS) is 20.3. The maximum Gasteiger partial charge on any atom is 0.261 e. The van der Waals surface area contributed by atoms with E-state index in [9.17, 15) is 17.6 Å². The number of amides is 1. The van der Waals surface area contributed by atoms with Crippen LogP contribution in [0.15, 0.2) is 53.4 Å². The molecule has 0 radical (unpaired) electrons. The fourth-order valence-corrected chi connectivity index (χ4v) is 4.58. The third kappa shape index (κ3) is 4.66. The highest BCUT2D eigenvalue weighted by atomic mass is 32.2. The van der Waals surface area contributed by atoms with Gasteiger partial charge in [0.2, 0.25) is 0 Å². The number of nitrogens with one attached hydrogen (secondary N) is 1. The molecule has 1 amide bonds. The minimum Gasteiger partial charge on any atom is -0.338 e. The van der Waals surface area contributed by atoms with Gasteiger partial charge in [0, 0.05) is 24.3 Å². The molecule has 0 saturated carbocycles. The Morgan fingerprint density at radius 2 is 1.56 bits per heavy atom. The van der Waals surface area contributed by atoms with Crippen molar-refractivity contribution in [2.24, 2.45) is 11.8 Å². The van der Waals surface area contributed by atoms with Gasteiger partial charge in [0.05, 0.1) is 4.90 Å². The predicted octanol–water partition coefficient (Wildman–Crippen LogP) is 3.74. The van der Waals surface area contributed by atoms with Gasteiger partial charge in [-0.05, 0) is 66.8 Å². The average Bonchev–Trinajstić information content (AvgIpc) is 2.62. The quantitative estimate of drug-likeness (QED) is 0.865. The second kappa shape index (κ2) is 7.68. The molecule has 1 heterocycles. The molecule has 2 aromatic carbocycles. The highest BCUT2D eigenvalue weighted by Crippen LogP contribution is 2.23. The lowest BCUT2D eigenvalue weighted by atomic mass is 9.91. The fraction of sp³-hybridized carbons (Fsp3) is 0.350. The van der Waals surface area contributed by atoms with Gasteiger partial charge in [0.15, 0.2) is 0 Å². The zero-order valence-electron chi connectivity index (χ0n) is 15.4. The monoisotopic (exact) mass is 390 g/mol. The summed E-state index contributed by atoms with van der Waals surface area (Å²) in [6, 6.07) is 11.0. The molecule has 27 heavy (non-hydrogen) atoms. The Morgan fingerprint density at radius 3 is 2.11 bits per heavy atom. The first-order chi connectivity index (χ1) is 12.7. The molecule has 2 aromatic rings. The first-order valence-electron chi connectivity index (χ1n) is 8.92. The van der Waals surface area contributed by atoms with Crippen molar-refractivity contribution in [3.8, 4) is 0 Å². The van der Waals surface area contributed by atoms with Crippen LogP contribution in [0, 0.1) is 17.7 Å². The summed E-state index contributed by atoms with van der Waals surface area (Å²) < 4.78 is 40.3. The van der Waals surface area contributed by atoms with Gasteiger partial charge in [0.1, 0.15) is 5.82 Å². The summed E-state index contributed by atoms with van der Waals surface area (Å²) in [6.45, 7) is 5.70. The second-order valence-electron chi connectivity index (χ2n) is 7.29. The number of sulfonamides is 1. The van der Waals surface area contributed by atoms with Crippen molar-refractivity contribution < 1.29 is 17.6 Å². The van der Waals surface area contributed by atoms with E-state index in [1.807, 2.05) is 4.90 Å². The van der Waals surface area contributed by atoms with E-state index in [-0.39, 0.29) is 16.5 Å². The molecule has 0 bridgehead atoms. The summed E-state index contributed by atoms with van der Waals surface area (Å²) >= 11 is 0. The van der Waals surface area contributed by atoms with E-state index in [0.29, 0.717) is 17.4 Å². The molecule has 2 atom stereocenters. The predicted molar refractivity (Wildman–Crippen MR) is 102 cm³/mol. The lowest BCUT2D eigenvalue weighted by Gasteiger charge is -2.35. The molecular formula is C20H23FN2O3S. The Balaban J connectivity index is 1.74. The van der Waals surface area contributed by atoms with E-state index < -0.39 is 15.8 Å². The average molecular weight is 390 g/mol. The summed E-state index contributed by atoms with van der Waals surface area (Å²) in [6.07, 6.45) is 1.11. The van der Waals surface area contributed by atoms with Crippen molar-refractivity contribution >= 4 is 21.6 Å². The van der Waals surface area contributed by atoms with Crippen molar-refractivity contribution in [1.29, 1.82) is 0 Å². The molecule has 1 aliphatic rings. The molecule has 0 aromatic heterocycles. The van der Waals surface area contributed by atoms with Gasteiger partial charge >= 0.3 is 0 Å². The van der Waals surface area contributed by atoms with Crippen LogP contribution in [0.3, 0.4) is 0 Å². The highest BCUT2D eigenvalue weighted by molar-refractivity contribution is 7.92. The van der Waals surface area contributed by atoms with Crippen LogP contribution in [0.1, 0.15) is 30.6 Å². The van der Waals surface area contributed by atoms with Crippen LogP contribution in [0.2, 0.25) is 0 Å². The van der Waals surface area contributed by atoms with E-state index >= 15 is 0 Å². The van der Waals surface area contributed by atoms with E-state index in [2.05, 4.69) is 18.6 Å². The third-order valence-electron chi connectivity index (χ3n) is 4.66. The minimum absolute atomic E-state index is 0.0451. The smallest absolute Gasteiger partial charge is 0.261 e. The molecule has 0 spiro atoms. The van der Waals surface area contributed by atoms with Crippen LogP contribution in [0.5, 0.6) is 0 Å². The van der Waals surface area contributed by atoms with Crippen molar-refractivity contribution in [2.75, 3.05) is 17.8 Å². The number of halogens is 1. The first-order valence-corrected chi connectivity index (χ1v) is 10.4. The van der Waals surface area contributed by atoms with Gasteiger partial charge in [-0.1, -0.05) is 13.8 Å². The van der Waals surface area contributed by atoms with Gasteiger partial charge in [0.25, 0.3) is 15.9 Å². The van der Waals surface area contributed by atoms with E-state index in [0.717, 1.165) is 19.5 Å². The Hall–Kier alpha value is -2.41. The van der Waals surface area contributed by atoms with Gasteiger partial charge in [-0.25, -0.2) is 12.8 Å². The van der Waals surface area contributed by atoms with E-state index in [1.54, 1.807) is 0 Å². The van der Waals surface area contributed by atoms with Crippen LogP contribution in [-0.4, -0.2) is 32.3 Å². The van der Waals surface area contributed by atoms with Crippen molar-refractivity contribution in [3.05, 3.63) is 59.9 Å². The largest absolute Gasteiger partial charge is 0.338 e. The van der Waals surface area contributed by atoms with E-state index in [1.165, 1.54) is 48.5 Å². The SMILES string of the molecule is C[C@@H]1C[C@H](C)CN(C(=O)c2ccc(S(=O)(=O)Nc3ccc(F)cc3)cc2)C1. The minimum atomic E-state index is -3.81. The van der Waals surface area contributed by atoms with Crippen molar-refractivity contribution in [2.45, 2.75) is 25.2 Å². The molecule has 1 saturated heterocycles. The van der Waals surface area contributed by atoms with Crippen LogP contribution in [0.4, 0.5) is 10.1 Å². The number of benzene rings is 2.